The Labute approximate surface area is 431 Å². The first-order valence-electron chi connectivity index (χ1n) is 26.3. The molecule has 0 heterocycles. The lowest BCUT2D eigenvalue weighted by Crippen LogP contribution is -2.36. The van der Waals surface area contributed by atoms with Gasteiger partial charge in [0.15, 0.2) is 0 Å². The molecule has 10 aromatic rings. The molecule has 0 amide bonds. The summed E-state index contributed by atoms with van der Waals surface area (Å²) in [4.78, 5) is 2.49. The number of nitrogens with zero attached hydrogens (tertiary/aromatic N) is 1. The average molecular weight is 938 g/mol. The molecule has 1 nitrogen and oxygen atoms in total. The van der Waals surface area contributed by atoms with Gasteiger partial charge < -0.3 is 4.90 Å². The SMILES string of the molecule is CC.Cc1ccc2c(-c3ccc(-c4ccccc4)cc3)c3cc(N(c4ccccc4)c4ccc5c(c4)C(C4=CCCC=C4)(C4C=CC=CC4)c4ccccc4-5)ccc3c(-c3ccc(-c4ccccc4)cc3)c2c1. The highest BCUT2D eigenvalue weighted by atomic mass is 15.1. The van der Waals surface area contributed by atoms with Gasteiger partial charge in [0.05, 0.1) is 5.41 Å². The second-order valence-electron chi connectivity index (χ2n) is 19.5. The van der Waals surface area contributed by atoms with E-state index in [1.54, 1.807) is 0 Å². The predicted molar refractivity (Wildman–Crippen MR) is 313 cm³/mol. The molecule has 0 N–H and O–H groups in total. The molecular weight excluding hydrogens is 879 g/mol. The van der Waals surface area contributed by atoms with Gasteiger partial charge in [-0.1, -0.05) is 244 Å². The zero-order chi connectivity index (χ0) is 49.3. The van der Waals surface area contributed by atoms with Gasteiger partial charge in [0.25, 0.3) is 0 Å². The van der Waals surface area contributed by atoms with E-state index in [0.29, 0.717) is 0 Å². The van der Waals surface area contributed by atoms with E-state index >= 15 is 0 Å². The number of aryl methyl sites for hydroxylation is 1. The van der Waals surface area contributed by atoms with Gasteiger partial charge in [-0.25, -0.2) is 0 Å². The third-order valence-electron chi connectivity index (χ3n) is 15.4. The van der Waals surface area contributed by atoms with E-state index in [0.717, 1.165) is 36.3 Å². The maximum absolute atomic E-state index is 2.54. The minimum Gasteiger partial charge on any atom is -0.310 e. The van der Waals surface area contributed by atoms with E-state index in [-0.39, 0.29) is 11.3 Å². The zero-order valence-electron chi connectivity index (χ0n) is 42.0. The van der Waals surface area contributed by atoms with E-state index in [1.807, 2.05) is 13.8 Å². The monoisotopic (exact) mass is 937 g/mol. The van der Waals surface area contributed by atoms with Crippen LogP contribution in [0, 0.1) is 12.8 Å². The fraction of sp³-hybridized carbons (Fsp3) is 0.111. The number of anilines is 3. The van der Waals surface area contributed by atoms with Gasteiger partial charge in [-0.05, 0) is 162 Å². The zero-order valence-corrected chi connectivity index (χ0v) is 42.0. The van der Waals surface area contributed by atoms with Crippen LogP contribution in [-0.4, -0.2) is 0 Å². The summed E-state index contributed by atoms with van der Waals surface area (Å²) in [5.41, 5.74) is 20.9. The Morgan fingerprint density at radius 2 is 0.945 bits per heavy atom. The van der Waals surface area contributed by atoms with Crippen molar-refractivity contribution < 1.29 is 0 Å². The minimum absolute atomic E-state index is 0.262. The highest BCUT2D eigenvalue weighted by Gasteiger charge is 2.50. The van der Waals surface area contributed by atoms with Gasteiger partial charge in [0, 0.05) is 17.1 Å². The third-order valence-corrected chi connectivity index (χ3v) is 15.4. The first kappa shape index (κ1) is 45.6. The molecule has 0 bridgehead atoms. The molecule has 0 radical (unpaired) electrons. The topological polar surface area (TPSA) is 3.24 Å². The summed E-state index contributed by atoms with van der Waals surface area (Å²) in [5, 5.41) is 4.94. The van der Waals surface area contributed by atoms with Crippen molar-refractivity contribution in [2.24, 2.45) is 5.92 Å². The molecule has 0 saturated heterocycles. The molecular formula is C72H59N. The lowest BCUT2D eigenvalue weighted by Gasteiger charge is -2.41. The molecule has 0 aliphatic heterocycles. The lowest BCUT2D eigenvalue weighted by atomic mass is 9.61. The van der Waals surface area contributed by atoms with Crippen molar-refractivity contribution in [2.75, 3.05) is 4.90 Å². The Balaban J connectivity index is 0.00000268. The van der Waals surface area contributed by atoms with Gasteiger partial charge in [0.1, 0.15) is 0 Å². The summed E-state index contributed by atoms with van der Waals surface area (Å²) in [6, 6.07) is 81.6. The molecule has 10 aromatic carbocycles. The minimum atomic E-state index is -0.340. The maximum atomic E-state index is 2.54. The van der Waals surface area contributed by atoms with E-state index in [2.05, 4.69) is 273 Å². The number of allylic oxidation sites excluding steroid dienone is 8. The van der Waals surface area contributed by atoms with E-state index < -0.39 is 0 Å². The molecule has 3 aliphatic rings. The summed E-state index contributed by atoms with van der Waals surface area (Å²) >= 11 is 0. The van der Waals surface area contributed by atoms with Crippen LogP contribution in [0.25, 0.3) is 77.2 Å². The van der Waals surface area contributed by atoms with Crippen LogP contribution in [0.2, 0.25) is 0 Å². The Morgan fingerprint density at radius 1 is 0.411 bits per heavy atom. The van der Waals surface area contributed by atoms with Crippen molar-refractivity contribution in [3.63, 3.8) is 0 Å². The third kappa shape index (κ3) is 7.97. The second-order valence-corrected chi connectivity index (χ2v) is 19.5. The van der Waals surface area contributed by atoms with Gasteiger partial charge in [-0.15, -0.1) is 0 Å². The molecule has 73 heavy (non-hydrogen) atoms. The first-order valence-corrected chi connectivity index (χ1v) is 26.3. The van der Waals surface area contributed by atoms with Crippen molar-refractivity contribution in [1.82, 2.24) is 0 Å². The molecule has 0 fully saturated rings. The second kappa shape index (κ2) is 19.6. The Bertz CT molecular complexity index is 3760. The number of benzene rings is 10. The molecule has 2 unspecified atom stereocenters. The summed E-state index contributed by atoms with van der Waals surface area (Å²) in [7, 11) is 0. The molecule has 0 spiro atoms. The lowest BCUT2D eigenvalue weighted by molar-refractivity contribution is 0.454. The van der Waals surface area contributed by atoms with Crippen LogP contribution in [0.15, 0.2) is 266 Å². The number of hydrogen-bond acceptors (Lipinski definition) is 1. The molecule has 0 saturated carbocycles. The Morgan fingerprint density at radius 3 is 1.56 bits per heavy atom. The van der Waals surface area contributed by atoms with Crippen LogP contribution in [0.5, 0.6) is 0 Å². The van der Waals surface area contributed by atoms with Crippen LogP contribution >= 0.6 is 0 Å². The van der Waals surface area contributed by atoms with Gasteiger partial charge >= 0.3 is 0 Å². The van der Waals surface area contributed by atoms with Crippen LogP contribution < -0.4 is 4.90 Å². The normalized spacial score (nSPS) is 16.4. The van der Waals surface area contributed by atoms with E-state index in [9.17, 15) is 0 Å². The maximum Gasteiger partial charge on any atom is 0.0526 e. The van der Waals surface area contributed by atoms with Crippen molar-refractivity contribution in [2.45, 2.75) is 45.4 Å². The smallest absolute Gasteiger partial charge is 0.0526 e. The quantitative estimate of drug-likeness (QED) is 0.130. The van der Waals surface area contributed by atoms with Crippen LogP contribution in [0.4, 0.5) is 17.1 Å². The standard InChI is InChI=1S/C70H53N.C2H6/c1-48-31-42-62-64(45-48)68(53-36-32-51(33-37-53)49-19-7-2-8-20-49)63-44-41-58(46-65(63)69(62)54-38-34-52(35-39-54)50-21-9-3-10-22-50)71(57-27-15-6-16-28-57)59-40-43-61-60-29-17-18-30-66(60)70(67(61)47-59,55-23-11-4-12-24-55)56-25-13-5-14-26-56;1-2/h2-4,6-13,15-23,25-47,55H,5,14,24H2,1H3;1-2H3. The Kier molecular flexibility index (Phi) is 12.2. The number of hydrogen-bond donors (Lipinski definition) is 0. The fourth-order valence-electron chi connectivity index (χ4n) is 12.2. The van der Waals surface area contributed by atoms with Crippen molar-refractivity contribution in [1.29, 1.82) is 0 Å². The highest BCUT2D eigenvalue weighted by Crippen LogP contribution is 2.60. The average Bonchev–Trinajstić information content (AvgIpc) is 3.77. The van der Waals surface area contributed by atoms with Crippen molar-refractivity contribution in [3.05, 3.63) is 283 Å². The fourth-order valence-corrected chi connectivity index (χ4v) is 12.2. The largest absolute Gasteiger partial charge is 0.310 e. The van der Waals surface area contributed by atoms with Crippen LogP contribution in [0.3, 0.4) is 0 Å². The first-order chi connectivity index (χ1) is 36.1. The molecule has 3 aliphatic carbocycles. The predicted octanol–water partition coefficient (Wildman–Crippen LogP) is 20.1. The molecule has 0 aromatic heterocycles. The van der Waals surface area contributed by atoms with Crippen LogP contribution in [-0.2, 0) is 5.41 Å². The van der Waals surface area contributed by atoms with Gasteiger partial charge in [-0.3, -0.25) is 0 Å². The van der Waals surface area contributed by atoms with Crippen LogP contribution in [0.1, 0.15) is 49.8 Å². The molecule has 352 valence electrons. The van der Waals surface area contributed by atoms with E-state index in [1.165, 1.54) is 99.4 Å². The highest BCUT2D eigenvalue weighted by molar-refractivity contribution is 6.22. The summed E-state index contributed by atoms with van der Waals surface area (Å²) < 4.78 is 0. The number of para-hydroxylation sites is 1. The summed E-state index contributed by atoms with van der Waals surface area (Å²) in [6.07, 6.45) is 19.8. The molecule has 13 rings (SSSR count). The molecule has 2 atom stereocenters. The Hall–Kier alpha value is -8.52. The summed E-state index contributed by atoms with van der Waals surface area (Å²) in [6.45, 7) is 6.22. The summed E-state index contributed by atoms with van der Waals surface area (Å²) in [5.74, 6) is 0.262. The van der Waals surface area contributed by atoms with E-state index in [4.69, 9.17) is 0 Å². The van der Waals surface area contributed by atoms with Crippen molar-refractivity contribution in [3.8, 4) is 55.6 Å². The molecule has 1 heteroatoms. The number of rotatable bonds is 9. The number of fused-ring (bicyclic) bond motifs is 5. The van der Waals surface area contributed by atoms with Crippen molar-refractivity contribution >= 4 is 38.6 Å². The van der Waals surface area contributed by atoms with Gasteiger partial charge in [0.2, 0.25) is 0 Å². The van der Waals surface area contributed by atoms with Gasteiger partial charge in [-0.2, -0.15) is 0 Å².